The van der Waals surface area contributed by atoms with Gasteiger partial charge in [0.25, 0.3) is 5.78 Å². The van der Waals surface area contributed by atoms with Crippen molar-refractivity contribution in [2.45, 2.75) is 30.0 Å². The number of nitrogens with zero attached hydrogens (tertiary/aromatic N) is 5. The van der Waals surface area contributed by atoms with Gasteiger partial charge in [0.1, 0.15) is 11.3 Å². The summed E-state index contributed by atoms with van der Waals surface area (Å²) in [7, 11) is 1.41. The van der Waals surface area contributed by atoms with Crippen LogP contribution in [-0.2, 0) is 15.3 Å². The minimum Gasteiger partial charge on any atom is -0.505 e. The number of aliphatic hydroxyl groups is 1. The Morgan fingerprint density at radius 1 is 1.02 bits per heavy atom. The smallest absolute Gasteiger partial charge is 0.301 e. The minimum absolute atomic E-state index is 0.113. The number of anilines is 1. The molecule has 1 aliphatic heterocycles. The van der Waals surface area contributed by atoms with Crippen molar-refractivity contribution in [2.75, 3.05) is 12.0 Å². The average Bonchev–Trinajstić information content (AvgIpc) is 3.75. The Labute approximate surface area is 271 Å². The molecule has 7 rings (SSSR count). The fraction of sp³-hybridized carbons (Fsp3) is 0.147. The third-order valence-corrected chi connectivity index (χ3v) is 10.2. The highest BCUT2D eigenvalue weighted by atomic mass is 32.2. The first-order valence-corrected chi connectivity index (χ1v) is 16.1. The molecule has 3 aromatic heterocycles. The molecule has 1 aliphatic rings. The number of ketones is 1. The number of fused-ring (bicyclic) bond motifs is 2. The van der Waals surface area contributed by atoms with Gasteiger partial charge in [-0.2, -0.15) is 0 Å². The summed E-state index contributed by atoms with van der Waals surface area (Å²) in [6, 6.07) is 21.5. The highest BCUT2D eigenvalue weighted by molar-refractivity contribution is 8.00. The maximum Gasteiger partial charge on any atom is 0.301 e. The Morgan fingerprint density at radius 2 is 1.83 bits per heavy atom. The van der Waals surface area contributed by atoms with E-state index in [1.54, 1.807) is 13.0 Å². The lowest BCUT2D eigenvalue weighted by atomic mass is 9.96. The van der Waals surface area contributed by atoms with Gasteiger partial charge in [-0.25, -0.2) is 4.98 Å². The third kappa shape index (κ3) is 4.86. The lowest BCUT2D eigenvalue weighted by Crippen LogP contribution is -2.29. The first-order valence-electron chi connectivity index (χ1n) is 14.3. The van der Waals surface area contributed by atoms with Gasteiger partial charge in [0.05, 0.1) is 24.4 Å². The van der Waals surface area contributed by atoms with E-state index in [0.29, 0.717) is 27.0 Å². The second-order valence-electron chi connectivity index (χ2n) is 10.8. The average molecular weight is 650 g/mol. The van der Waals surface area contributed by atoms with Crippen LogP contribution < -0.4 is 9.64 Å². The highest BCUT2D eigenvalue weighted by Gasteiger charge is 2.49. The van der Waals surface area contributed by atoms with Gasteiger partial charge in [0.15, 0.2) is 21.6 Å². The SMILES string of the molecule is COc1cc(C2C(=C(O)c3nc4c(C)cccn4c3C)C(=O)C(=O)N2c2nnc(SCc3cccc4ccccc34)s2)ccc1O. The first-order chi connectivity index (χ1) is 22.3. The Hall–Kier alpha value is -5.20. The normalized spacial score (nSPS) is 16.2. The van der Waals surface area contributed by atoms with Crippen LogP contribution in [0.15, 0.2) is 88.9 Å². The van der Waals surface area contributed by atoms with E-state index in [1.165, 1.54) is 47.2 Å². The van der Waals surface area contributed by atoms with E-state index >= 15 is 0 Å². The predicted molar refractivity (Wildman–Crippen MR) is 178 cm³/mol. The molecule has 0 radical (unpaired) electrons. The van der Waals surface area contributed by atoms with Gasteiger partial charge < -0.3 is 19.4 Å². The Balaban J connectivity index is 1.31. The van der Waals surface area contributed by atoms with Crippen molar-refractivity contribution in [2.24, 2.45) is 0 Å². The van der Waals surface area contributed by atoms with Crippen molar-refractivity contribution in [1.82, 2.24) is 19.6 Å². The van der Waals surface area contributed by atoms with Gasteiger partial charge in [0, 0.05) is 11.9 Å². The number of carbonyl (C=O) groups is 2. The second-order valence-corrected chi connectivity index (χ2v) is 13.0. The molecule has 12 heteroatoms. The first kappa shape index (κ1) is 29.5. The van der Waals surface area contributed by atoms with Gasteiger partial charge in [0.2, 0.25) is 5.13 Å². The standard InChI is InChI=1S/C34H27N5O5S2/c1-18-8-7-15-38-19(2)27(35-31(18)38)29(41)26-28(21-13-14-24(40)25(16-21)44-3)39(32(43)30(26)42)33-36-37-34(46-33)45-17-22-11-6-10-20-9-4-5-12-23(20)22/h4-16,28,40-41H,17H2,1-3H3. The highest BCUT2D eigenvalue weighted by Crippen LogP contribution is 2.46. The van der Waals surface area contributed by atoms with Crippen molar-refractivity contribution in [1.29, 1.82) is 0 Å². The fourth-order valence-corrected chi connectivity index (χ4v) is 7.67. The molecule has 1 unspecified atom stereocenters. The zero-order valence-corrected chi connectivity index (χ0v) is 26.6. The van der Waals surface area contributed by atoms with E-state index in [2.05, 4.69) is 39.4 Å². The van der Waals surface area contributed by atoms with E-state index < -0.39 is 23.5 Å². The van der Waals surface area contributed by atoms with Gasteiger partial charge in [-0.05, 0) is 59.5 Å². The molecule has 46 heavy (non-hydrogen) atoms. The Bertz CT molecular complexity index is 2220. The fourth-order valence-electron chi connectivity index (χ4n) is 5.80. The summed E-state index contributed by atoms with van der Waals surface area (Å²) in [5.74, 6) is -1.50. The number of aryl methyl sites for hydroxylation is 2. The zero-order chi connectivity index (χ0) is 32.1. The van der Waals surface area contributed by atoms with Gasteiger partial charge in [-0.15, -0.1) is 10.2 Å². The molecule has 1 saturated heterocycles. The quantitative estimate of drug-likeness (QED) is 0.0647. The third-order valence-electron chi connectivity index (χ3n) is 8.11. The predicted octanol–water partition coefficient (Wildman–Crippen LogP) is 6.59. The van der Waals surface area contributed by atoms with Crippen LogP contribution in [0.3, 0.4) is 0 Å². The number of benzene rings is 3. The number of phenolic OH excluding ortho intramolecular Hbond substituents is 1. The topological polar surface area (TPSA) is 130 Å². The number of hydrogen-bond acceptors (Lipinski definition) is 10. The molecule has 1 atom stereocenters. The number of carbonyl (C=O) groups excluding carboxylic acids is 2. The number of thioether (sulfide) groups is 1. The Kier molecular flexibility index (Phi) is 7.46. The van der Waals surface area contributed by atoms with Crippen LogP contribution in [0.25, 0.3) is 22.2 Å². The molecular weight excluding hydrogens is 623 g/mol. The van der Waals surface area contributed by atoms with Gasteiger partial charge in [-0.1, -0.05) is 77.7 Å². The lowest BCUT2D eigenvalue weighted by Gasteiger charge is -2.23. The number of methoxy groups -OCH3 is 1. The summed E-state index contributed by atoms with van der Waals surface area (Å²) in [6.07, 6.45) is 1.82. The number of imidazole rings is 1. The molecule has 10 nitrogen and oxygen atoms in total. The van der Waals surface area contributed by atoms with Crippen LogP contribution in [0.2, 0.25) is 0 Å². The summed E-state index contributed by atoms with van der Waals surface area (Å²) in [6.45, 7) is 3.69. The monoisotopic (exact) mass is 649 g/mol. The number of aromatic hydroxyl groups is 1. The zero-order valence-electron chi connectivity index (χ0n) is 25.0. The number of Topliss-reactive ketones (excluding diaryl/α,β-unsaturated/α-hetero) is 1. The van der Waals surface area contributed by atoms with Crippen molar-refractivity contribution < 1.29 is 24.5 Å². The molecule has 6 aromatic rings. The number of aromatic nitrogens is 4. The van der Waals surface area contributed by atoms with E-state index in [9.17, 15) is 19.8 Å². The van der Waals surface area contributed by atoms with Crippen molar-refractivity contribution >= 4 is 62.1 Å². The maximum atomic E-state index is 13.8. The molecular formula is C34H27N5O5S2. The van der Waals surface area contributed by atoms with E-state index in [0.717, 1.165) is 21.9 Å². The summed E-state index contributed by atoms with van der Waals surface area (Å²) in [5.41, 5.74) is 3.70. The number of pyridine rings is 1. The van der Waals surface area contributed by atoms with Crippen LogP contribution in [0.4, 0.5) is 5.13 Å². The molecule has 0 aliphatic carbocycles. The molecule has 0 spiro atoms. The maximum absolute atomic E-state index is 13.8. The van der Waals surface area contributed by atoms with Crippen LogP contribution in [0.1, 0.15) is 34.1 Å². The number of amides is 1. The molecule has 230 valence electrons. The van der Waals surface area contributed by atoms with Gasteiger partial charge >= 0.3 is 5.91 Å². The van der Waals surface area contributed by atoms with Crippen LogP contribution in [0, 0.1) is 13.8 Å². The molecule has 0 saturated carbocycles. The summed E-state index contributed by atoms with van der Waals surface area (Å²) in [5, 5.41) is 33.2. The molecule has 4 heterocycles. The van der Waals surface area contributed by atoms with E-state index in [-0.39, 0.29) is 27.9 Å². The Morgan fingerprint density at radius 3 is 2.63 bits per heavy atom. The molecule has 2 N–H and O–H groups in total. The molecule has 1 amide bonds. The van der Waals surface area contributed by atoms with Crippen LogP contribution in [0.5, 0.6) is 11.5 Å². The van der Waals surface area contributed by atoms with Crippen LogP contribution >= 0.6 is 23.1 Å². The largest absolute Gasteiger partial charge is 0.505 e. The van der Waals surface area contributed by atoms with Crippen molar-refractivity contribution in [3.05, 3.63) is 113 Å². The summed E-state index contributed by atoms with van der Waals surface area (Å²) < 4.78 is 7.77. The number of hydrogen-bond donors (Lipinski definition) is 2. The number of ether oxygens (including phenoxy) is 1. The van der Waals surface area contributed by atoms with Crippen molar-refractivity contribution in [3.8, 4) is 11.5 Å². The molecule has 3 aromatic carbocycles. The number of rotatable bonds is 7. The summed E-state index contributed by atoms with van der Waals surface area (Å²) in [4.78, 5) is 33.4. The van der Waals surface area contributed by atoms with E-state index in [1.807, 2.05) is 47.9 Å². The van der Waals surface area contributed by atoms with E-state index in [4.69, 9.17) is 4.74 Å². The number of phenols is 1. The molecule has 1 fully saturated rings. The lowest BCUT2D eigenvalue weighted by molar-refractivity contribution is -0.132. The molecule has 0 bridgehead atoms. The minimum atomic E-state index is -1.09. The van der Waals surface area contributed by atoms with Crippen LogP contribution in [-0.4, -0.2) is 48.6 Å². The van der Waals surface area contributed by atoms with Crippen molar-refractivity contribution in [3.63, 3.8) is 0 Å². The van der Waals surface area contributed by atoms with Gasteiger partial charge in [-0.3, -0.25) is 14.5 Å². The summed E-state index contributed by atoms with van der Waals surface area (Å²) >= 11 is 2.66. The number of aliphatic hydroxyl groups excluding tert-OH is 1. The second kappa shape index (κ2) is 11.6.